The number of anilines is 1. The van der Waals surface area contributed by atoms with Crippen molar-refractivity contribution in [1.29, 1.82) is 0 Å². The average molecular weight is 320 g/mol. The van der Waals surface area contributed by atoms with Gasteiger partial charge >= 0.3 is 0 Å². The van der Waals surface area contributed by atoms with Crippen molar-refractivity contribution in [3.05, 3.63) is 27.7 Å². The van der Waals surface area contributed by atoms with Gasteiger partial charge in [-0.3, -0.25) is 4.79 Å². The number of carbonyl (C=O) groups is 1. The van der Waals surface area contributed by atoms with Crippen LogP contribution in [-0.4, -0.2) is 12.5 Å². The molecule has 5 heteroatoms. The Morgan fingerprint density at radius 2 is 2.12 bits per heavy atom. The Morgan fingerprint density at radius 1 is 1.35 bits per heavy atom. The summed E-state index contributed by atoms with van der Waals surface area (Å²) in [4.78, 5) is 11.6. The molecular formula is C12H16BrClN2O. The highest BCUT2D eigenvalue weighted by Gasteiger charge is 2.05. The van der Waals surface area contributed by atoms with Gasteiger partial charge in [0.15, 0.2) is 0 Å². The number of amides is 1. The van der Waals surface area contributed by atoms with Gasteiger partial charge in [-0.2, -0.15) is 0 Å². The molecule has 0 bridgehead atoms. The van der Waals surface area contributed by atoms with Gasteiger partial charge in [-0.25, -0.2) is 0 Å². The summed E-state index contributed by atoms with van der Waals surface area (Å²) in [5.74, 6) is -0.00811. The standard InChI is InChI=1S/C12H16BrClN2O/c13-9-5-6-11(10(14)8-9)16-12(17)4-2-1-3-7-15/h5-6,8H,1-4,7,15H2,(H,16,17). The zero-order valence-electron chi connectivity index (χ0n) is 9.51. The lowest BCUT2D eigenvalue weighted by Gasteiger charge is -2.07. The van der Waals surface area contributed by atoms with Crippen LogP contribution in [-0.2, 0) is 4.79 Å². The molecule has 3 N–H and O–H groups in total. The largest absolute Gasteiger partial charge is 0.330 e. The maximum atomic E-state index is 11.6. The van der Waals surface area contributed by atoms with Gasteiger partial charge in [-0.1, -0.05) is 34.0 Å². The number of carbonyl (C=O) groups excluding carboxylic acids is 1. The third-order valence-electron chi connectivity index (χ3n) is 2.31. The summed E-state index contributed by atoms with van der Waals surface area (Å²) in [6, 6.07) is 5.38. The van der Waals surface area contributed by atoms with Crippen LogP contribution in [0.4, 0.5) is 5.69 Å². The number of hydrogen-bond acceptors (Lipinski definition) is 2. The summed E-state index contributed by atoms with van der Waals surface area (Å²) in [6.07, 6.45) is 3.31. The van der Waals surface area contributed by atoms with E-state index in [1.165, 1.54) is 0 Å². The van der Waals surface area contributed by atoms with Gasteiger partial charge in [0.05, 0.1) is 10.7 Å². The highest BCUT2D eigenvalue weighted by atomic mass is 79.9. The molecule has 1 aromatic carbocycles. The minimum atomic E-state index is -0.00811. The average Bonchev–Trinajstić information content (AvgIpc) is 2.28. The summed E-state index contributed by atoms with van der Waals surface area (Å²) >= 11 is 9.31. The Labute approximate surface area is 115 Å². The van der Waals surface area contributed by atoms with E-state index in [1.54, 1.807) is 12.1 Å². The van der Waals surface area contributed by atoms with Crippen molar-refractivity contribution in [3.63, 3.8) is 0 Å². The predicted octanol–water partition coefficient (Wildman–Crippen LogP) is 3.56. The van der Waals surface area contributed by atoms with Crippen molar-refractivity contribution in [2.75, 3.05) is 11.9 Å². The molecule has 0 saturated carbocycles. The Morgan fingerprint density at radius 3 is 2.76 bits per heavy atom. The predicted molar refractivity (Wildman–Crippen MR) is 75.3 cm³/mol. The van der Waals surface area contributed by atoms with E-state index in [-0.39, 0.29) is 5.91 Å². The molecular weight excluding hydrogens is 304 g/mol. The number of hydrogen-bond donors (Lipinski definition) is 2. The zero-order chi connectivity index (χ0) is 12.7. The lowest BCUT2D eigenvalue weighted by molar-refractivity contribution is -0.116. The fourth-order valence-electron chi connectivity index (χ4n) is 1.41. The van der Waals surface area contributed by atoms with E-state index in [0.717, 1.165) is 23.7 Å². The maximum absolute atomic E-state index is 11.6. The van der Waals surface area contributed by atoms with Crippen LogP contribution in [0.1, 0.15) is 25.7 Å². The molecule has 0 aliphatic rings. The van der Waals surface area contributed by atoms with Crippen molar-refractivity contribution in [2.45, 2.75) is 25.7 Å². The minimum absolute atomic E-state index is 0.00811. The first-order valence-electron chi connectivity index (χ1n) is 5.58. The van der Waals surface area contributed by atoms with Crippen LogP contribution in [0.15, 0.2) is 22.7 Å². The Bertz CT molecular complexity index is 385. The molecule has 0 radical (unpaired) electrons. The quantitative estimate of drug-likeness (QED) is 0.788. The lowest BCUT2D eigenvalue weighted by atomic mass is 10.2. The number of rotatable bonds is 6. The summed E-state index contributed by atoms with van der Waals surface area (Å²) in [5, 5.41) is 3.33. The van der Waals surface area contributed by atoms with Gasteiger partial charge in [-0.05, 0) is 37.6 Å². The number of unbranched alkanes of at least 4 members (excludes halogenated alkanes) is 2. The van der Waals surface area contributed by atoms with E-state index in [0.29, 0.717) is 23.7 Å². The zero-order valence-corrected chi connectivity index (χ0v) is 11.9. The van der Waals surface area contributed by atoms with Gasteiger partial charge in [0, 0.05) is 10.9 Å². The first-order valence-corrected chi connectivity index (χ1v) is 6.75. The normalized spacial score (nSPS) is 10.3. The van der Waals surface area contributed by atoms with Crippen molar-refractivity contribution in [2.24, 2.45) is 5.73 Å². The van der Waals surface area contributed by atoms with E-state index >= 15 is 0 Å². The fourth-order valence-corrected chi connectivity index (χ4v) is 2.13. The van der Waals surface area contributed by atoms with E-state index in [1.807, 2.05) is 6.07 Å². The molecule has 1 amide bonds. The first-order chi connectivity index (χ1) is 8.13. The van der Waals surface area contributed by atoms with Gasteiger partial charge < -0.3 is 11.1 Å². The second kappa shape index (κ2) is 7.69. The molecule has 0 saturated heterocycles. The van der Waals surface area contributed by atoms with Crippen LogP contribution in [0, 0.1) is 0 Å². The molecule has 17 heavy (non-hydrogen) atoms. The van der Waals surface area contributed by atoms with Gasteiger partial charge in [0.25, 0.3) is 0 Å². The molecule has 0 fully saturated rings. The number of benzene rings is 1. The minimum Gasteiger partial charge on any atom is -0.330 e. The third kappa shape index (κ3) is 5.52. The Balaban J connectivity index is 2.40. The monoisotopic (exact) mass is 318 g/mol. The number of nitrogens with two attached hydrogens (primary N) is 1. The van der Waals surface area contributed by atoms with E-state index in [4.69, 9.17) is 17.3 Å². The molecule has 1 aromatic rings. The molecule has 0 atom stereocenters. The highest BCUT2D eigenvalue weighted by Crippen LogP contribution is 2.25. The second-order valence-electron chi connectivity index (χ2n) is 3.77. The summed E-state index contributed by atoms with van der Waals surface area (Å²) in [6.45, 7) is 0.681. The molecule has 0 aromatic heterocycles. The molecule has 0 heterocycles. The molecule has 3 nitrogen and oxygen atoms in total. The molecule has 0 aliphatic carbocycles. The van der Waals surface area contributed by atoms with Crippen LogP contribution < -0.4 is 11.1 Å². The smallest absolute Gasteiger partial charge is 0.224 e. The van der Waals surface area contributed by atoms with Crippen LogP contribution in [0.25, 0.3) is 0 Å². The third-order valence-corrected chi connectivity index (χ3v) is 3.12. The van der Waals surface area contributed by atoms with E-state index < -0.39 is 0 Å². The molecule has 94 valence electrons. The summed E-state index contributed by atoms with van der Waals surface area (Å²) in [7, 11) is 0. The highest BCUT2D eigenvalue weighted by molar-refractivity contribution is 9.10. The van der Waals surface area contributed by atoms with Gasteiger partial charge in [0.1, 0.15) is 0 Å². The second-order valence-corrected chi connectivity index (χ2v) is 5.09. The molecule has 0 spiro atoms. The van der Waals surface area contributed by atoms with Crippen molar-refractivity contribution in [1.82, 2.24) is 0 Å². The van der Waals surface area contributed by atoms with Crippen molar-refractivity contribution >= 4 is 39.1 Å². The molecule has 0 aliphatic heterocycles. The summed E-state index contributed by atoms with van der Waals surface area (Å²) in [5.41, 5.74) is 6.03. The molecule has 0 unspecified atom stereocenters. The maximum Gasteiger partial charge on any atom is 0.224 e. The Hall–Kier alpha value is -0.580. The lowest BCUT2D eigenvalue weighted by Crippen LogP contribution is -2.11. The SMILES string of the molecule is NCCCCCC(=O)Nc1ccc(Br)cc1Cl. The topological polar surface area (TPSA) is 55.1 Å². The van der Waals surface area contributed by atoms with Crippen LogP contribution in [0.2, 0.25) is 5.02 Å². The van der Waals surface area contributed by atoms with Crippen LogP contribution in [0.3, 0.4) is 0 Å². The van der Waals surface area contributed by atoms with Crippen LogP contribution in [0.5, 0.6) is 0 Å². The molecule has 1 rings (SSSR count). The van der Waals surface area contributed by atoms with E-state index in [9.17, 15) is 4.79 Å². The van der Waals surface area contributed by atoms with Crippen molar-refractivity contribution in [3.8, 4) is 0 Å². The first kappa shape index (κ1) is 14.5. The van der Waals surface area contributed by atoms with Crippen LogP contribution >= 0.6 is 27.5 Å². The fraction of sp³-hybridized carbons (Fsp3) is 0.417. The van der Waals surface area contributed by atoms with Gasteiger partial charge in [-0.15, -0.1) is 0 Å². The summed E-state index contributed by atoms with van der Waals surface area (Å²) < 4.78 is 0.892. The van der Waals surface area contributed by atoms with Crippen molar-refractivity contribution < 1.29 is 4.79 Å². The Kier molecular flexibility index (Phi) is 6.55. The van der Waals surface area contributed by atoms with E-state index in [2.05, 4.69) is 21.2 Å². The number of halogens is 2. The van der Waals surface area contributed by atoms with Gasteiger partial charge in [0.2, 0.25) is 5.91 Å². The number of nitrogens with one attached hydrogen (secondary N) is 1.